The Bertz CT molecular complexity index is 1000. The smallest absolute Gasteiger partial charge is 0.183 e. The number of benzene rings is 2. The predicted octanol–water partition coefficient (Wildman–Crippen LogP) is 5.17. The maximum Gasteiger partial charge on any atom is 0.183 e. The van der Waals surface area contributed by atoms with E-state index in [-0.39, 0.29) is 0 Å². The zero-order valence-electron chi connectivity index (χ0n) is 13.8. The first-order valence-corrected chi connectivity index (χ1v) is 8.91. The minimum atomic E-state index is 0.517. The number of hydrogen-bond donors (Lipinski definition) is 1. The molecule has 0 aliphatic carbocycles. The van der Waals surface area contributed by atoms with Crippen molar-refractivity contribution < 1.29 is 4.42 Å². The first kappa shape index (κ1) is 16.5. The van der Waals surface area contributed by atoms with E-state index in [0.717, 1.165) is 21.4 Å². The molecule has 0 spiro atoms. The fraction of sp³-hybridized carbons (Fsp3) is 0.0500. The molecule has 0 radical (unpaired) electrons. The average Bonchev–Trinajstić information content (AvgIpc) is 3.20. The Labute approximate surface area is 159 Å². The average molecular weight is 407 g/mol. The van der Waals surface area contributed by atoms with Crippen LogP contribution in [0, 0.1) is 0 Å². The molecule has 2 aromatic heterocycles. The molecule has 5 nitrogen and oxygen atoms in total. The molecule has 26 heavy (non-hydrogen) atoms. The quantitative estimate of drug-likeness (QED) is 0.494. The Kier molecular flexibility index (Phi) is 4.75. The summed E-state index contributed by atoms with van der Waals surface area (Å²) < 4.78 is 6.37. The normalized spacial score (nSPS) is 10.7. The Balaban J connectivity index is 1.74. The Hall–Kier alpha value is -2.99. The van der Waals surface area contributed by atoms with Gasteiger partial charge in [-0.1, -0.05) is 58.4 Å². The van der Waals surface area contributed by atoms with E-state index in [1.807, 2.05) is 66.7 Å². The highest BCUT2D eigenvalue weighted by Crippen LogP contribution is 2.27. The summed E-state index contributed by atoms with van der Waals surface area (Å²) in [6, 6.07) is 21.5. The van der Waals surface area contributed by atoms with Crippen LogP contribution in [0.3, 0.4) is 0 Å². The van der Waals surface area contributed by atoms with Gasteiger partial charge in [0.1, 0.15) is 11.5 Å². The molecule has 4 aromatic rings. The van der Waals surface area contributed by atoms with Gasteiger partial charge in [0.2, 0.25) is 0 Å². The highest BCUT2D eigenvalue weighted by atomic mass is 79.9. The van der Waals surface area contributed by atoms with E-state index in [1.165, 1.54) is 0 Å². The van der Waals surface area contributed by atoms with Gasteiger partial charge >= 0.3 is 0 Å². The van der Waals surface area contributed by atoms with Gasteiger partial charge in [-0.3, -0.25) is 0 Å². The molecule has 2 aromatic carbocycles. The number of furan rings is 1. The minimum absolute atomic E-state index is 0.517. The van der Waals surface area contributed by atoms with Gasteiger partial charge < -0.3 is 9.73 Å². The molecule has 0 aliphatic heterocycles. The van der Waals surface area contributed by atoms with Gasteiger partial charge in [-0.25, -0.2) is 4.98 Å². The maximum absolute atomic E-state index is 5.40. The summed E-state index contributed by atoms with van der Waals surface area (Å²) in [5.74, 6) is 2.05. The SMILES string of the molecule is Brc1cccc(-c2nnc(-c3ccccc3)c(NCc3ccco3)n2)c1. The van der Waals surface area contributed by atoms with Crippen LogP contribution >= 0.6 is 15.9 Å². The molecular weight excluding hydrogens is 392 g/mol. The van der Waals surface area contributed by atoms with Crippen LogP contribution in [0.4, 0.5) is 5.82 Å². The maximum atomic E-state index is 5.40. The Morgan fingerprint density at radius 2 is 1.73 bits per heavy atom. The van der Waals surface area contributed by atoms with Gasteiger partial charge in [0, 0.05) is 15.6 Å². The van der Waals surface area contributed by atoms with Gasteiger partial charge in [-0.2, -0.15) is 0 Å². The third kappa shape index (κ3) is 3.65. The van der Waals surface area contributed by atoms with Crippen molar-refractivity contribution in [2.75, 3.05) is 5.32 Å². The molecule has 0 atom stereocenters. The fourth-order valence-corrected chi connectivity index (χ4v) is 2.97. The van der Waals surface area contributed by atoms with Crippen molar-refractivity contribution >= 4 is 21.7 Å². The number of halogens is 1. The van der Waals surface area contributed by atoms with Crippen molar-refractivity contribution in [3.05, 3.63) is 83.2 Å². The van der Waals surface area contributed by atoms with Crippen LogP contribution in [0.25, 0.3) is 22.6 Å². The van der Waals surface area contributed by atoms with Gasteiger partial charge in [0.05, 0.1) is 12.8 Å². The van der Waals surface area contributed by atoms with E-state index in [1.54, 1.807) is 6.26 Å². The summed E-state index contributed by atoms with van der Waals surface area (Å²) in [6.07, 6.45) is 1.65. The molecule has 0 saturated carbocycles. The summed E-state index contributed by atoms with van der Waals surface area (Å²) >= 11 is 3.48. The van der Waals surface area contributed by atoms with Gasteiger partial charge in [0.15, 0.2) is 11.6 Å². The standard InChI is InChI=1S/C20H15BrN4O/c21-16-9-4-8-15(12-16)19-23-20(22-13-17-10-5-11-26-17)18(24-25-19)14-6-2-1-3-7-14/h1-12H,13H2,(H,22,23,25). The summed E-state index contributed by atoms with van der Waals surface area (Å²) in [4.78, 5) is 4.71. The molecule has 0 aliphatic rings. The van der Waals surface area contributed by atoms with Crippen molar-refractivity contribution in [2.24, 2.45) is 0 Å². The van der Waals surface area contributed by atoms with Crippen molar-refractivity contribution in [1.82, 2.24) is 15.2 Å². The molecule has 128 valence electrons. The van der Waals surface area contributed by atoms with Crippen LogP contribution in [-0.4, -0.2) is 15.2 Å². The first-order chi connectivity index (χ1) is 12.8. The van der Waals surface area contributed by atoms with Crippen molar-refractivity contribution in [3.8, 4) is 22.6 Å². The molecule has 1 N–H and O–H groups in total. The van der Waals surface area contributed by atoms with Crippen LogP contribution in [-0.2, 0) is 6.54 Å². The molecule has 2 heterocycles. The van der Waals surface area contributed by atoms with Gasteiger partial charge in [-0.05, 0) is 24.3 Å². The topological polar surface area (TPSA) is 63.8 Å². The molecule has 0 saturated heterocycles. The summed E-state index contributed by atoms with van der Waals surface area (Å²) in [5.41, 5.74) is 2.55. The molecular formula is C20H15BrN4O. The molecule has 0 unspecified atom stereocenters. The van der Waals surface area contributed by atoms with Crippen molar-refractivity contribution in [2.45, 2.75) is 6.54 Å². The number of aromatic nitrogens is 3. The largest absolute Gasteiger partial charge is 0.467 e. The van der Waals surface area contributed by atoms with Crippen molar-refractivity contribution in [3.63, 3.8) is 0 Å². The summed E-state index contributed by atoms with van der Waals surface area (Å²) in [7, 11) is 0. The van der Waals surface area contributed by atoms with E-state index < -0.39 is 0 Å². The zero-order valence-corrected chi connectivity index (χ0v) is 15.3. The van der Waals surface area contributed by atoms with E-state index in [0.29, 0.717) is 23.9 Å². The monoisotopic (exact) mass is 406 g/mol. The molecule has 0 fully saturated rings. The highest BCUT2D eigenvalue weighted by molar-refractivity contribution is 9.10. The van der Waals surface area contributed by atoms with Crippen LogP contribution in [0.5, 0.6) is 0 Å². The van der Waals surface area contributed by atoms with Crippen LogP contribution in [0.2, 0.25) is 0 Å². The number of nitrogens with one attached hydrogen (secondary N) is 1. The molecule has 0 amide bonds. The Morgan fingerprint density at radius 3 is 2.50 bits per heavy atom. The van der Waals surface area contributed by atoms with Crippen LogP contribution < -0.4 is 5.32 Å². The highest BCUT2D eigenvalue weighted by Gasteiger charge is 2.13. The molecule has 6 heteroatoms. The summed E-state index contributed by atoms with van der Waals surface area (Å²) in [6.45, 7) is 0.517. The predicted molar refractivity (Wildman–Crippen MR) is 104 cm³/mol. The number of nitrogens with zero attached hydrogens (tertiary/aromatic N) is 3. The Morgan fingerprint density at radius 1 is 0.885 bits per heavy atom. The molecule has 4 rings (SSSR count). The second kappa shape index (κ2) is 7.49. The van der Waals surface area contributed by atoms with Crippen molar-refractivity contribution in [1.29, 1.82) is 0 Å². The van der Waals surface area contributed by atoms with Gasteiger partial charge in [0.25, 0.3) is 0 Å². The number of anilines is 1. The van der Waals surface area contributed by atoms with Gasteiger partial charge in [-0.15, -0.1) is 10.2 Å². The molecule has 0 bridgehead atoms. The first-order valence-electron chi connectivity index (χ1n) is 8.12. The fourth-order valence-electron chi connectivity index (χ4n) is 2.57. The second-order valence-corrected chi connectivity index (χ2v) is 6.56. The van der Waals surface area contributed by atoms with E-state index in [4.69, 9.17) is 9.40 Å². The van der Waals surface area contributed by atoms with Crippen LogP contribution in [0.15, 0.2) is 81.9 Å². The number of rotatable bonds is 5. The lowest BCUT2D eigenvalue weighted by atomic mass is 10.1. The van der Waals surface area contributed by atoms with E-state index >= 15 is 0 Å². The van der Waals surface area contributed by atoms with E-state index in [2.05, 4.69) is 31.4 Å². The lowest BCUT2D eigenvalue weighted by Crippen LogP contribution is -2.06. The second-order valence-electron chi connectivity index (χ2n) is 5.64. The lowest BCUT2D eigenvalue weighted by Gasteiger charge is -2.11. The summed E-state index contributed by atoms with van der Waals surface area (Å²) in [5, 5.41) is 12.1. The minimum Gasteiger partial charge on any atom is -0.467 e. The third-order valence-corrected chi connectivity index (χ3v) is 4.32. The number of hydrogen-bond acceptors (Lipinski definition) is 5. The zero-order chi connectivity index (χ0) is 17.8. The third-order valence-electron chi connectivity index (χ3n) is 3.83. The lowest BCUT2D eigenvalue weighted by molar-refractivity contribution is 0.518. The van der Waals surface area contributed by atoms with Crippen LogP contribution in [0.1, 0.15) is 5.76 Å². The van der Waals surface area contributed by atoms with E-state index in [9.17, 15) is 0 Å².